The largest absolute Gasteiger partial charge is 0.490 e. The van der Waals surface area contributed by atoms with Gasteiger partial charge in [0.1, 0.15) is 12.4 Å². The summed E-state index contributed by atoms with van der Waals surface area (Å²) in [6.07, 6.45) is 3.54. The maximum absolute atomic E-state index is 12.1. The Kier molecular flexibility index (Phi) is 5.36. The van der Waals surface area contributed by atoms with Crippen molar-refractivity contribution in [1.82, 2.24) is 5.32 Å². The smallest absolute Gasteiger partial charge is 0.264 e. The van der Waals surface area contributed by atoms with Crippen LogP contribution >= 0.6 is 11.8 Å². The average Bonchev–Trinajstić information content (AvgIpc) is 2.93. The Balaban J connectivity index is 1.73. The average molecular weight is 350 g/mol. The van der Waals surface area contributed by atoms with Crippen molar-refractivity contribution in [3.63, 3.8) is 0 Å². The highest BCUT2D eigenvalue weighted by Crippen LogP contribution is 2.28. The second-order valence-corrected chi connectivity index (χ2v) is 6.52. The molecule has 25 heavy (non-hydrogen) atoms. The van der Waals surface area contributed by atoms with Crippen LogP contribution in [0.2, 0.25) is 0 Å². The Labute approximate surface area is 151 Å². The molecule has 1 N–H and O–H groups in total. The number of rotatable bonds is 5. The minimum atomic E-state index is -0.136. The molecule has 5 heteroatoms. The molecule has 0 bridgehead atoms. The monoisotopic (exact) mass is 350 g/mol. The number of carbonyl (C=O) groups excluding carboxylic acids is 1. The Bertz CT molecular complexity index is 854. The molecule has 3 rings (SSSR count). The third-order valence-electron chi connectivity index (χ3n) is 3.43. The first-order chi connectivity index (χ1) is 12.1. The lowest BCUT2D eigenvalue weighted by Crippen LogP contribution is -2.19. The number of thioether (sulfide) groups is 1. The van der Waals surface area contributed by atoms with E-state index in [0.717, 1.165) is 22.6 Å². The maximum atomic E-state index is 12.1. The molecule has 1 amide bonds. The van der Waals surface area contributed by atoms with E-state index in [1.54, 1.807) is 6.08 Å². The molecule has 1 aliphatic rings. The fraction of sp³-hybridized carbons (Fsp3) is 0.100. The number of aryl methyl sites for hydroxylation is 1. The molecule has 1 saturated heterocycles. The second-order valence-electron chi connectivity index (χ2n) is 5.49. The van der Waals surface area contributed by atoms with Crippen LogP contribution in [-0.4, -0.2) is 17.7 Å². The van der Waals surface area contributed by atoms with Crippen LogP contribution in [0.15, 0.2) is 71.1 Å². The van der Waals surface area contributed by atoms with E-state index in [2.05, 4.69) is 16.9 Å². The van der Waals surface area contributed by atoms with E-state index in [0.29, 0.717) is 16.7 Å². The number of amidine groups is 1. The fourth-order valence-electron chi connectivity index (χ4n) is 2.26. The van der Waals surface area contributed by atoms with Crippen molar-refractivity contribution in [2.24, 2.45) is 4.99 Å². The van der Waals surface area contributed by atoms with Gasteiger partial charge in [-0.2, -0.15) is 0 Å². The van der Waals surface area contributed by atoms with Gasteiger partial charge in [0.25, 0.3) is 5.91 Å². The van der Waals surface area contributed by atoms with Gasteiger partial charge in [-0.15, -0.1) is 0 Å². The van der Waals surface area contributed by atoms with Crippen LogP contribution in [0.4, 0.5) is 5.69 Å². The number of aliphatic imine (C=N–C) groups is 1. The molecular weight excluding hydrogens is 332 g/mol. The summed E-state index contributed by atoms with van der Waals surface area (Å²) in [5.74, 6) is 0.635. The van der Waals surface area contributed by atoms with E-state index in [1.165, 1.54) is 11.8 Å². The summed E-state index contributed by atoms with van der Waals surface area (Å²) < 4.78 is 5.45. The lowest BCUT2D eigenvalue weighted by atomic mass is 10.2. The van der Waals surface area contributed by atoms with E-state index >= 15 is 0 Å². The van der Waals surface area contributed by atoms with Crippen molar-refractivity contribution < 1.29 is 9.53 Å². The topological polar surface area (TPSA) is 50.7 Å². The SMILES string of the molecule is C=CCOc1ccc(/C=C2\SC(=Nc3cccc(C)c3)NC2=O)cc1. The minimum absolute atomic E-state index is 0.136. The molecule has 126 valence electrons. The van der Waals surface area contributed by atoms with E-state index < -0.39 is 0 Å². The Hall–Kier alpha value is -2.79. The lowest BCUT2D eigenvalue weighted by Gasteiger charge is -2.03. The molecule has 0 atom stereocenters. The minimum Gasteiger partial charge on any atom is -0.490 e. The molecule has 1 fully saturated rings. The molecule has 0 aliphatic carbocycles. The predicted octanol–water partition coefficient (Wildman–Crippen LogP) is 4.45. The molecule has 0 unspecified atom stereocenters. The molecule has 1 heterocycles. The summed E-state index contributed by atoms with van der Waals surface area (Å²) in [6.45, 7) is 6.10. The van der Waals surface area contributed by atoms with Crippen molar-refractivity contribution >= 4 is 34.6 Å². The summed E-state index contributed by atoms with van der Waals surface area (Å²) in [5, 5.41) is 3.39. The van der Waals surface area contributed by atoms with Crippen LogP contribution in [0.1, 0.15) is 11.1 Å². The molecule has 1 aliphatic heterocycles. The van der Waals surface area contributed by atoms with Gasteiger partial charge in [0, 0.05) is 0 Å². The van der Waals surface area contributed by atoms with Gasteiger partial charge in [0.2, 0.25) is 0 Å². The van der Waals surface area contributed by atoms with E-state index in [9.17, 15) is 4.79 Å². The molecule has 0 saturated carbocycles. The standard InChI is InChI=1S/C20H18N2O2S/c1-3-11-24-17-9-7-15(8-10-17)13-18-19(23)22-20(25-18)21-16-6-4-5-14(2)12-16/h3-10,12-13H,1,11H2,2H3,(H,21,22,23)/b18-13-. The van der Waals surface area contributed by atoms with Gasteiger partial charge in [0.05, 0.1) is 10.6 Å². The third-order valence-corrected chi connectivity index (χ3v) is 4.34. The van der Waals surface area contributed by atoms with E-state index in [-0.39, 0.29) is 5.91 Å². The number of carbonyl (C=O) groups is 1. The maximum Gasteiger partial charge on any atom is 0.264 e. The van der Waals surface area contributed by atoms with E-state index in [1.807, 2.05) is 61.5 Å². The highest BCUT2D eigenvalue weighted by atomic mass is 32.2. The number of benzene rings is 2. The van der Waals surface area contributed by atoms with Crippen molar-refractivity contribution in [1.29, 1.82) is 0 Å². The zero-order valence-corrected chi connectivity index (χ0v) is 14.7. The molecule has 0 radical (unpaired) electrons. The van der Waals surface area contributed by atoms with Gasteiger partial charge in [-0.3, -0.25) is 4.79 Å². The number of hydrogen-bond donors (Lipinski definition) is 1. The van der Waals surface area contributed by atoms with Gasteiger partial charge in [0.15, 0.2) is 5.17 Å². The number of amides is 1. The van der Waals surface area contributed by atoms with Crippen LogP contribution in [0.3, 0.4) is 0 Å². The Morgan fingerprint density at radius 2 is 2.04 bits per heavy atom. The molecule has 2 aromatic rings. The summed E-state index contributed by atoms with van der Waals surface area (Å²) in [6, 6.07) is 15.4. The zero-order valence-electron chi connectivity index (χ0n) is 13.9. The summed E-state index contributed by atoms with van der Waals surface area (Å²) in [5.41, 5.74) is 2.89. The Morgan fingerprint density at radius 3 is 2.76 bits per heavy atom. The quantitative estimate of drug-likeness (QED) is 0.640. The first-order valence-corrected chi connectivity index (χ1v) is 8.66. The molecular formula is C20H18N2O2S. The Morgan fingerprint density at radius 1 is 1.24 bits per heavy atom. The molecule has 2 aromatic carbocycles. The van der Waals surface area contributed by atoms with Gasteiger partial charge in [-0.1, -0.05) is 36.9 Å². The lowest BCUT2D eigenvalue weighted by molar-refractivity contribution is -0.115. The number of hydrogen-bond acceptors (Lipinski definition) is 4. The second kappa shape index (κ2) is 7.85. The number of ether oxygens (including phenoxy) is 1. The van der Waals surface area contributed by atoms with Gasteiger partial charge < -0.3 is 10.1 Å². The molecule has 0 spiro atoms. The highest BCUT2D eigenvalue weighted by Gasteiger charge is 2.23. The van der Waals surface area contributed by atoms with Crippen LogP contribution in [0.25, 0.3) is 6.08 Å². The summed E-state index contributed by atoms with van der Waals surface area (Å²) >= 11 is 1.34. The fourth-order valence-corrected chi connectivity index (χ4v) is 3.10. The van der Waals surface area contributed by atoms with Gasteiger partial charge >= 0.3 is 0 Å². The van der Waals surface area contributed by atoms with Crippen LogP contribution in [-0.2, 0) is 4.79 Å². The van der Waals surface area contributed by atoms with Crippen LogP contribution in [0, 0.1) is 6.92 Å². The van der Waals surface area contributed by atoms with Gasteiger partial charge in [-0.25, -0.2) is 4.99 Å². The number of nitrogens with zero attached hydrogens (tertiary/aromatic N) is 1. The van der Waals surface area contributed by atoms with Crippen molar-refractivity contribution in [2.75, 3.05) is 6.61 Å². The number of nitrogens with one attached hydrogen (secondary N) is 1. The van der Waals surface area contributed by atoms with Crippen molar-refractivity contribution in [3.8, 4) is 5.75 Å². The van der Waals surface area contributed by atoms with E-state index in [4.69, 9.17) is 4.74 Å². The highest BCUT2D eigenvalue weighted by molar-refractivity contribution is 8.18. The zero-order chi connectivity index (χ0) is 17.6. The first-order valence-electron chi connectivity index (χ1n) is 7.84. The first kappa shape index (κ1) is 17.0. The van der Waals surface area contributed by atoms with Crippen molar-refractivity contribution in [2.45, 2.75) is 6.92 Å². The normalized spacial score (nSPS) is 16.9. The third kappa shape index (κ3) is 4.61. The molecule has 4 nitrogen and oxygen atoms in total. The van der Waals surface area contributed by atoms with Gasteiger partial charge in [-0.05, 0) is 60.2 Å². The van der Waals surface area contributed by atoms with Crippen LogP contribution in [0.5, 0.6) is 5.75 Å². The summed E-state index contributed by atoms with van der Waals surface area (Å²) in [7, 11) is 0. The van der Waals surface area contributed by atoms with Crippen LogP contribution < -0.4 is 10.1 Å². The summed E-state index contributed by atoms with van der Waals surface area (Å²) in [4.78, 5) is 17.2. The predicted molar refractivity (Wildman–Crippen MR) is 104 cm³/mol. The van der Waals surface area contributed by atoms with Crippen molar-refractivity contribution in [3.05, 3.63) is 77.2 Å². The molecule has 0 aromatic heterocycles.